The maximum atomic E-state index is 13.3. The molecule has 0 spiro atoms. The van der Waals surface area contributed by atoms with Crippen molar-refractivity contribution >= 4 is 35.0 Å². The Morgan fingerprint density at radius 3 is 2.81 bits per heavy atom. The Kier molecular flexibility index (Phi) is 7.70. The maximum absolute atomic E-state index is 13.3. The van der Waals surface area contributed by atoms with Crippen LogP contribution in [0.4, 0.5) is 10.1 Å². The number of hydrogen-bond acceptors (Lipinski definition) is 5. The van der Waals surface area contributed by atoms with E-state index in [0.29, 0.717) is 23.2 Å². The molecule has 0 radical (unpaired) electrons. The molecule has 3 rings (SSSR count). The van der Waals surface area contributed by atoms with Crippen LogP contribution in [0.1, 0.15) is 17.0 Å². The van der Waals surface area contributed by atoms with Crippen molar-refractivity contribution in [1.82, 2.24) is 14.8 Å². The number of anilines is 1. The standard InChI is InChI=1S/C22H22ClFN4O2S/c1-4-9-28-20(12-30-19-8-5-14(2)10-15(19)3)26-27-22(28)31-13-21(29)25-16-6-7-18(24)17(23)11-16/h4-8,10-11H,1,9,12-13H2,2-3H3,(H,25,29). The number of ether oxygens (including phenoxy) is 1. The van der Waals surface area contributed by atoms with Crippen LogP contribution < -0.4 is 10.1 Å². The van der Waals surface area contributed by atoms with Crippen LogP contribution in [0, 0.1) is 19.7 Å². The lowest BCUT2D eigenvalue weighted by atomic mass is 10.1. The fourth-order valence-electron chi connectivity index (χ4n) is 2.85. The second-order valence-electron chi connectivity index (χ2n) is 6.82. The van der Waals surface area contributed by atoms with Gasteiger partial charge in [-0.3, -0.25) is 9.36 Å². The SMILES string of the molecule is C=CCn1c(COc2ccc(C)cc2C)nnc1SCC(=O)Nc1ccc(F)c(Cl)c1. The van der Waals surface area contributed by atoms with Gasteiger partial charge in [0.05, 0.1) is 10.8 Å². The number of halogens is 2. The fraction of sp³-hybridized carbons (Fsp3) is 0.227. The number of nitrogens with zero attached hydrogens (tertiary/aromatic N) is 3. The van der Waals surface area contributed by atoms with Crippen LogP contribution in [0.15, 0.2) is 54.2 Å². The number of allylic oxidation sites excluding steroid dienone is 1. The highest BCUT2D eigenvalue weighted by molar-refractivity contribution is 7.99. The molecule has 1 amide bonds. The Morgan fingerprint density at radius 2 is 2.10 bits per heavy atom. The lowest BCUT2D eigenvalue weighted by molar-refractivity contribution is -0.113. The quantitative estimate of drug-likeness (QED) is 0.352. The molecule has 0 fully saturated rings. The van der Waals surface area contributed by atoms with Crippen molar-refractivity contribution in [3.8, 4) is 5.75 Å². The Labute approximate surface area is 189 Å². The zero-order valence-electron chi connectivity index (χ0n) is 17.2. The molecule has 0 aliphatic heterocycles. The second kappa shape index (κ2) is 10.5. The number of aryl methyl sites for hydroxylation is 2. The summed E-state index contributed by atoms with van der Waals surface area (Å²) in [6.07, 6.45) is 1.73. The number of rotatable bonds is 9. The summed E-state index contributed by atoms with van der Waals surface area (Å²) in [4.78, 5) is 12.3. The molecule has 0 aliphatic rings. The third-order valence-corrected chi connectivity index (χ3v) is 5.58. The molecule has 1 N–H and O–H groups in total. The molecule has 0 atom stereocenters. The number of benzene rings is 2. The molecule has 9 heteroatoms. The van der Waals surface area contributed by atoms with Gasteiger partial charge in [-0.1, -0.05) is 47.1 Å². The number of nitrogens with one attached hydrogen (secondary N) is 1. The largest absolute Gasteiger partial charge is 0.485 e. The number of carbonyl (C=O) groups is 1. The monoisotopic (exact) mass is 460 g/mol. The Bertz CT molecular complexity index is 1100. The van der Waals surface area contributed by atoms with E-state index < -0.39 is 5.82 Å². The van der Waals surface area contributed by atoms with Crippen molar-refractivity contribution in [2.75, 3.05) is 11.1 Å². The number of amides is 1. The number of hydrogen-bond donors (Lipinski definition) is 1. The van der Waals surface area contributed by atoms with Crippen LogP contribution in [-0.2, 0) is 17.9 Å². The van der Waals surface area contributed by atoms with Crippen molar-refractivity contribution in [3.63, 3.8) is 0 Å². The van der Waals surface area contributed by atoms with Crippen LogP contribution in [0.5, 0.6) is 5.75 Å². The highest BCUT2D eigenvalue weighted by atomic mass is 35.5. The van der Waals surface area contributed by atoms with Crippen molar-refractivity contribution in [2.24, 2.45) is 0 Å². The molecule has 0 saturated heterocycles. The van der Waals surface area contributed by atoms with Crippen molar-refractivity contribution in [1.29, 1.82) is 0 Å². The first-order chi connectivity index (χ1) is 14.9. The van der Waals surface area contributed by atoms with Gasteiger partial charge in [0.2, 0.25) is 5.91 Å². The molecule has 0 aliphatic carbocycles. The van der Waals surface area contributed by atoms with Crippen LogP contribution >= 0.6 is 23.4 Å². The van der Waals surface area contributed by atoms with Crippen molar-refractivity contribution in [2.45, 2.75) is 32.2 Å². The Hall–Kier alpha value is -2.84. The molecule has 0 saturated carbocycles. The summed E-state index contributed by atoms with van der Waals surface area (Å²) in [5, 5.41) is 11.6. The van der Waals surface area contributed by atoms with Crippen LogP contribution in [-0.4, -0.2) is 26.4 Å². The van der Waals surface area contributed by atoms with E-state index in [9.17, 15) is 9.18 Å². The summed E-state index contributed by atoms with van der Waals surface area (Å²) in [5.74, 6) is 0.705. The number of aromatic nitrogens is 3. The zero-order chi connectivity index (χ0) is 22.4. The molecule has 3 aromatic rings. The van der Waals surface area contributed by atoms with E-state index in [0.717, 1.165) is 11.3 Å². The summed E-state index contributed by atoms with van der Waals surface area (Å²) in [5.41, 5.74) is 2.63. The first-order valence-electron chi connectivity index (χ1n) is 9.48. The van der Waals surface area contributed by atoms with E-state index in [1.54, 1.807) is 6.08 Å². The topological polar surface area (TPSA) is 69.0 Å². The highest BCUT2D eigenvalue weighted by Crippen LogP contribution is 2.23. The van der Waals surface area contributed by atoms with E-state index in [-0.39, 0.29) is 23.3 Å². The van der Waals surface area contributed by atoms with Gasteiger partial charge in [-0.25, -0.2) is 4.39 Å². The van der Waals surface area contributed by atoms with Crippen molar-refractivity contribution < 1.29 is 13.9 Å². The van der Waals surface area contributed by atoms with Gasteiger partial charge in [0.15, 0.2) is 11.0 Å². The molecule has 1 aromatic heterocycles. The van der Waals surface area contributed by atoms with E-state index in [1.165, 1.54) is 35.5 Å². The first-order valence-corrected chi connectivity index (χ1v) is 10.8. The maximum Gasteiger partial charge on any atom is 0.234 e. The van der Waals surface area contributed by atoms with Crippen LogP contribution in [0.2, 0.25) is 5.02 Å². The van der Waals surface area contributed by atoms with Crippen LogP contribution in [0.25, 0.3) is 0 Å². The average molecular weight is 461 g/mol. The normalized spacial score (nSPS) is 10.7. The third-order valence-electron chi connectivity index (χ3n) is 4.33. The predicted octanol–water partition coefficient (Wildman–Crippen LogP) is 5.18. The molecule has 2 aromatic carbocycles. The Balaban J connectivity index is 1.63. The molecule has 1 heterocycles. The Morgan fingerprint density at radius 1 is 1.29 bits per heavy atom. The van der Waals surface area contributed by atoms with E-state index in [1.807, 2.05) is 30.5 Å². The van der Waals surface area contributed by atoms with Gasteiger partial charge >= 0.3 is 0 Å². The van der Waals surface area contributed by atoms with Gasteiger partial charge in [0.1, 0.15) is 18.2 Å². The molecule has 162 valence electrons. The van der Waals surface area contributed by atoms with Gasteiger partial charge in [0.25, 0.3) is 0 Å². The smallest absolute Gasteiger partial charge is 0.234 e. The van der Waals surface area contributed by atoms with E-state index in [2.05, 4.69) is 28.2 Å². The second-order valence-corrected chi connectivity index (χ2v) is 8.17. The van der Waals surface area contributed by atoms with Crippen molar-refractivity contribution in [3.05, 3.63) is 76.8 Å². The van der Waals surface area contributed by atoms with E-state index >= 15 is 0 Å². The van der Waals surface area contributed by atoms with Gasteiger partial charge < -0.3 is 10.1 Å². The van der Waals surface area contributed by atoms with Gasteiger partial charge in [-0.15, -0.1) is 16.8 Å². The minimum Gasteiger partial charge on any atom is -0.485 e. The molecular weight excluding hydrogens is 439 g/mol. The molecule has 0 bridgehead atoms. The third kappa shape index (κ3) is 6.08. The molecule has 6 nitrogen and oxygen atoms in total. The molecule has 31 heavy (non-hydrogen) atoms. The first kappa shape index (κ1) is 22.8. The summed E-state index contributed by atoms with van der Waals surface area (Å²) < 4.78 is 21.0. The fourth-order valence-corrected chi connectivity index (χ4v) is 3.80. The van der Waals surface area contributed by atoms with Crippen LogP contribution in [0.3, 0.4) is 0 Å². The van der Waals surface area contributed by atoms with E-state index in [4.69, 9.17) is 16.3 Å². The molecule has 0 unspecified atom stereocenters. The molecular formula is C22H22ClFN4O2S. The highest BCUT2D eigenvalue weighted by Gasteiger charge is 2.15. The lowest BCUT2D eigenvalue weighted by Crippen LogP contribution is -2.15. The lowest BCUT2D eigenvalue weighted by Gasteiger charge is -2.11. The summed E-state index contributed by atoms with van der Waals surface area (Å²) >= 11 is 6.98. The summed E-state index contributed by atoms with van der Waals surface area (Å²) in [6.45, 7) is 8.52. The number of carbonyl (C=O) groups excluding carboxylic acids is 1. The summed E-state index contributed by atoms with van der Waals surface area (Å²) in [6, 6.07) is 9.99. The van der Waals surface area contributed by atoms with Gasteiger partial charge in [-0.2, -0.15) is 0 Å². The summed E-state index contributed by atoms with van der Waals surface area (Å²) in [7, 11) is 0. The number of thioether (sulfide) groups is 1. The average Bonchev–Trinajstić information content (AvgIpc) is 3.10. The van der Waals surface area contributed by atoms with Gasteiger partial charge in [-0.05, 0) is 43.7 Å². The zero-order valence-corrected chi connectivity index (χ0v) is 18.8. The minimum atomic E-state index is -0.540. The minimum absolute atomic E-state index is 0.0513. The van der Waals surface area contributed by atoms with Gasteiger partial charge in [0, 0.05) is 12.2 Å². The predicted molar refractivity (Wildman–Crippen MR) is 121 cm³/mol.